The van der Waals surface area contributed by atoms with Crippen LogP contribution in [0.25, 0.3) is 0 Å². The van der Waals surface area contributed by atoms with Crippen LogP contribution in [-0.4, -0.2) is 35.6 Å². The maximum atomic E-state index is 12.3. The van der Waals surface area contributed by atoms with Gasteiger partial charge >= 0.3 is 5.51 Å². The summed E-state index contributed by atoms with van der Waals surface area (Å²) in [5.74, 6) is 0. The highest BCUT2D eigenvalue weighted by atomic mass is 32.2. The van der Waals surface area contributed by atoms with Crippen molar-refractivity contribution in [3.63, 3.8) is 0 Å². The van der Waals surface area contributed by atoms with E-state index in [2.05, 4.69) is 24.1 Å². The topological polar surface area (TPSA) is 15.3 Å². The lowest BCUT2D eigenvalue weighted by Crippen LogP contribution is -2.57. The SMILES string of the molecule is CC1(C)CNCCN1Cc1ccc(SC(F)(F)F)cc1. The van der Waals surface area contributed by atoms with E-state index in [1.165, 1.54) is 0 Å². The lowest BCUT2D eigenvalue weighted by atomic mass is 9.99. The standard InChI is InChI=1S/C14H19F3N2S/c1-13(2)10-18-7-8-19(13)9-11-3-5-12(6-4-11)20-14(15,16)17/h3-6,18H,7-10H2,1-2H3. The molecule has 1 heterocycles. The number of alkyl halides is 3. The number of hydrogen-bond donors (Lipinski definition) is 1. The number of nitrogens with one attached hydrogen (secondary N) is 1. The van der Waals surface area contributed by atoms with Gasteiger partial charge in [-0.3, -0.25) is 4.90 Å². The summed E-state index contributed by atoms with van der Waals surface area (Å²) < 4.78 is 36.8. The van der Waals surface area contributed by atoms with Crippen molar-refractivity contribution in [3.8, 4) is 0 Å². The lowest BCUT2D eigenvalue weighted by Gasteiger charge is -2.42. The van der Waals surface area contributed by atoms with E-state index >= 15 is 0 Å². The van der Waals surface area contributed by atoms with E-state index in [1.807, 2.05) is 0 Å². The van der Waals surface area contributed by atoms with Crippen LogP contribution in [0.15, 0.2) is 29.2 Å². The molecular formula is C14H19F3N2S. The molecule has 2 rings (SSSR count). The minimum Gasteiger partial charge on any atom is -0.314 e. The normalized spacial score (nSPS) is 20.1. The summed E-state index contributed by atoms with van der Waals surface area (Å²) in [5, 5.41) is 3.36. The van der Waals surface area contributed by atoms with Gasteiger partial charge in [0.25, 0.3) is 0 Å². The van der Waals surface area contributed by atoms with Crippen LogP contribution in [0.2, 0.25) is 0 Å². The summed E-state index contributed by atoms with van der Waals surface area (Å²) in [6.45, 7) is 7.94. The Morgan fingerprint density at radius 1 is 1.25 bits per heavy atom. The summed E-state index contributed by atoms with van der Waals surface area (Å²) in [6.07, 6.45) is 0. The van der Waals surface area contributed by atoms with Gasteiger partial charge in [-0.05, 0) is 43.3 Å². The molecule has 6 heteroatoms. The maximum Gasteiger partial charge on any atom is 0.446 e. The Morgan fingerprint density at radius 3 is 2.45 bits per heavy atom. The first-order valence-electron chi connectivity index (χ1n) is 6.57. The van der Waals surface area contributed by atoms with Crippen molar-refractivity contribution in [2.24, 2.45) is 0 Å². The molecule has 0 spiro atoms. The highest BCUT2D eigenvalue weighted by molar-refractivity contribution is 8.00. The first-order chi connectivity index (χ1) is 9.26. The third-order valence-electron chi connectivity index (χ3n) is 3.50. The van der Waals surface area contributed by atoms with Gasteiger partial charge in [-0.25, -0.2) is 0 Å². The minimum atomic E-state index is -4.22. The number of piperazine rings is 1. The van der Waals surface area contributed by atoms with Crippen LogP contribution in [0.4, 0.5) is 13.2 Å². The molecule has 0 bridgehead atoms. The molecule has 2 nitrogen and oxygen atoms in total. The quantitative estimate of drug-likeness (QED) is 0.861. The van der Waals surface area contributed by atoms with E-state index in [9.17, 15) is 13.2 Å². The van der Waals surface area contributed by atoms with Crippen LogP contribution < -0.4 is 5.32 Å². The average molecular weight is 304 g/mol. The van der Waals surface area contributed by atoms with Gasteiger partial charge in [0.2, 0.25) is 0 Å². The van der Waals surface area contributed by atoms with Gasteiger partial charge in [0.1, 0.15) is 0 Å². The fourth-order valence-corrected chi connectivity index (χ4v) is 2.87. The van der Waals surface area contributed by atoms with Gasteiger partial charge in [-0.2, -0.15) is 13.2 Å². The molecule has 0 unspecified atom stereocenters. The van der Waals surface area contributed by atoms with Crippen LogP contribution in [0, 0.1) is 0 Å². The van der Waals surface area contributed by atoms with Gasteiger partial charge < -0.3 is 5.32 Å². The Morgan fingerprint density at radius 2 is 1.90 bits per heavy atom. The number of benzene rings is 1. The molecule has 1 aromatic carbocycles. The average Bonchev–Trinajstić information content (AvgIpc) is 2.32. The number of nitrogens with zero attached hydrogens (tertiary/aromatic N) is 1. The first kappa shape index (κ1) is 15.7. The van der Waals surface area contributed by atoms with Gasteiger partial charge in [0.15, 0.2) is 0 Å². The maximum absolute atomic E-state index is 12.3. The van der Waals surface area contributed by atoms with Gasteiger partial charge in [-0.1, -0.05) is 12.1 Å². The number of rotatable bonds is 3. The fourth-order valence-electron chi connectivity index (χ4n) is 2.33. The molecule has 0 aromatic heterocycles. The molecule has 1 N–H and O–H groups in total. The van der Waals surface area contributed by atoms with Gasteiger partial charge in [-0.15, -0.1) is 0 Å². The molecule has 1 aliphatic heterocycles. The number of thioether (sulfide) groups is 1. The van der Waals surface area contributed by atoms with E-state index in [0.29, 0.717) is 0 Å². The molecule has 1 fully saturated rings. The van der Waals surface area contributed by atoms with Crippen LogP contribution in [0.3, 0.4) is 0 Å². The van der Waals surface area contributed by atoms with Crippen LogP contribution >= 0.6 is 11.8 Å². The van der Waals surface area contributed by atoms with E-state index in [0.717, 1.165) is 31.7 Å². The van der Waals surface area contributed by atoms with Crippen molar-refractivity contribution in [1.82, 2.24) is 10.2 Å². The van der Waals surface area contributed by atoms with Crippen molar-refractivity contribution in [2.45, 2.75) is 36.3 Å². The molecule has 20 heavy (non-hydrogen) atoms. The molecule has 0 saturated carbocycles. The van der Waals surface area contributed by atoms with E-state index < -0.39 is 5.51 Å². The summed E-state index contributed by atoms with van der Waals surface area (Å²) in [6, 6.07) is 6.66. The van der Waals surface area contributed by atoms with Crippen LogP contribution in [-0.2, 0) is 6.54 Å². The van der Waals surface area contributed by atoms with Crippen molar-refractivity contribution in [1.29, 1.82) is 0 Å². The molecule has 0 amide bonds. The largest absolute Gasteiger partial charge is 0.446 e. The van der Waals surface area contributed by atoms with E-state index in [4.69, 9.17) is 0 Å². The smallest absolute Gasteiger partial charge is 0.314 e. The highest BCUT2D eigenvalue weighted by Crippen LogP contribution is 2.36. The molecular weight excluding hydrogens is 285 g/mol. The summed E-state index contributed by atoms with van der Waals surface area (Å²) in [7, 11) is 0. The van der Waals surface area contributed by atoms with Crippen molar-refractivity contribution in [2.75, 3.05) is 19.6 Å². The van der Waals surface area contributed by atoms with Crippen LogP contribution in [0.5, 0.6) is 0 Å². The Kier molecular flexibility index (Phi) is 4.66. The minimum absolute atomic E-state index is 0.0671. The number of halogens is 3. The first-order valence-corrected chi connectivity index (χ1v) is 7.38. The fraction of sp³-hybridized carbons (Fsp3) is 0.571. The zero-order valence-corrected chi connectivity index (χ0v) is 12.4. The highest BCUT2D eigenvalue weighted by Gasteiger charge is 2.30. The predicted molar refractivity (Wildman–Crippen MR) is 75.7 cm³/mol. The Bertz CT molecular complexity index is 443. The van der Waals surface area contributed by atoms with E-state index in [-0.39, 0.29) is 22.2 Å². The van der Waals surface area contributed by atoms with E-state index in [1.54, 1.807) is 24.3 Å². The molecule has 1 saturated heterocycles. The third kappa shape index (κ3) is 4.40. The monoisotopic (exact) mass is 304 g/mol. The predicted octanol–water partition coefficient (Wildman–Crippen LogP) is 3.48. The summed E-state index contributed by atoms with van der Waals surface area (Å²) in [5.41, 5.74) is -3.11. The van der Waals surface area contributed by atoms with Gasteiger partial charge in [0.05, 0.1) is 0 Å². The molecule has 0 aliphatic carbocycles. The second-order valence-corrected chi connectivity index (χ2v) is 6.74. The molecule has 112 valence electrons. The zero-order valence-electron chi connectivity index (χ0n) is 11.6. The molecule has 0 atom stereocenters. The Labute approximate surface area is 121 Å². The molecule has 1 aromatic rings. The molecule has 0 radical (unpaired) electrons. The van der Waals surface area contributed by atoms with Crippen molar-refractivity contribution >= 4 is 11.8 Å². The van der Waals surface area contributed by atoms with Gasteiger partial charge in [0, 0.05) is 36.6 Å². The molecule has 1 aliphatic rings. The summed E-state index contributed by atoms with van der Waals surface area (Å²) in [4.78, 5) is 2.59. The van der Waals surface area contributed by atoms with Crippen LogP contribution in [0.1, 0.15) is 19.4 Å². The lowest BCUT2D eigenvalue weighted by molar-refractivity contribution is -0.0328. The zero-order chi connectivity index (χ0) is 14.8. The van der Waals surface area contributed by atoms with Crippen molar-refractivity contribution in [3.05, 3.63) is 29.8 Å². The Balaban J connectivity index is 2.00. The third-order valence-corrected chi connectivity index (χ3v) is 4.24. The second-order valence-electron chi connectivity index (χ2n) is 5.60. The second kappa shape index (κ2) is 5.95. The summed E-state index contributed by atoms with van der Waals surface area (Å²) >= 11 is -0.0683. The number of hydrogen-bond acceptors (Lipinski definition) is 3. The van der Waals surface area contributed by atoms with Crippen molar-refractivity contribution < 1.29 is 13.2 Å². The Hall–Kier alpha value is -0.720.